The van der Waals surface area contributed by atoms with Crippen molar-refractivity contribution in [2.75, 3.05) is 18.5 Å². The number of ether oxygens (including phenoxy) is 2. The van der Waals surface area contributed by atoms with Crippen LogP contribution in [0.1, 0.15) is 0 Å². The van der Waals surface area contributed by atoms with E-state index in [2.05, 4.69) is 15.3 Å². The Labute approximate surface area is 128 Å². The summed E-state index contributed by atoms with van der Waals surface area (Å²) in [5.41, 5.74) is 0.986. The Kier molecular flexibility index (Phi) is 3.03. The monoisotopic (exact) mass is 321 g/mol. The Hall–Kier alpha value is -2.90. The highest BCUT2D eigenvalue weighted by Crippen LogP contribution is 2.34. The van der Waals surface area contributed by atoms with Crippen molar-refractivity contribution >= 4 is 22.7 Å². The highest BCUT2D eigenvalue weighted by atomic mass is 19.2. The molecule has 5 nitrogen and oxygen atoms in total. The fourth-order valence-electron chi connectivity index (χ4n) is 2.36. The third-order valence-corrected chi connectivity index (χ3v) is 3.43. The smallest absolute Gasteiger partial charge is 0.205 e. The molecule has 0 fully saturated rings. The van der Waals surface area contributed by atoms with Crippen LogP contribution in [0.3, 0.4) is 0 Å². The van der Waals surface area contributed by atoms with E-state index in [0.29, 0.717) is 35.7 Å². The largest absolute Gasteiger partial charge is 0.486 e. The minimum Gasteiger partial charge on any atom is -0.486 e. The molecule has 23 heavy (non-hydrogen) atoms. The summed E-state index contributed by atoms with van der Waals surface area (Å²) in [4.78, 5) is 7.14. The molecule has 0 atom stereocenters. The number of anilines is 2. The fraction of sp³-hybridized carbons (Fsp3) is 0.133. The molecule has 0 bridgehead atoms. The van der Waals surface area contributed by atoms with Crippen LogP contribution in [0.5, 0.6) is 11.5 Å². The molecule has 3 aromatic rings. The van der Waals surface area contributed by atoms with Gasteiger partial charge in [0.2, 0.25) is 5.95 Å². The number of imidazole rings is 1. The lowest BCUT2D eigenvalue weighted by atomic mass is 10.2. The molecule has 0 saturated carbocycles. The fourth-order valence-corrected chi connectivity index (χ4v) is 2.36. The number of nitrogens with one attached hydrogen (secondary N) is 2. The van der Waals surface area contributed by atoms with Crippen LogP contribution in [0.2, 0.25) is 0 Å². The van der Waals surface area contributed by atoms with Crippen LogP contribution < -0.4 is 14.8 Å². The number of nitrogens with zero attached hydrogens (tertiary/aromatic N) is 1. The van der Waals surface area contributed by atoms with Gasteiger partial charge in [-0.05, 0) is 12.1 Å². The van der Waals surface area contributed by atoms with Crippen LogP contribution in [0.15, 0.2) is 24.3 Å². The summed E-state index contributed by atoms with van der Waals surface area (Å²) in [6.45, 7) is 0.909. The number of aromatic amines is 1. The standard InChI is InChI=1S/C15H10F3N3O2/c16-7-1-2-8(14(18)13(7)17)19-15-20-9-5-11-12(6-10(9)21-15)23-4-3-22-11/h1-2,5-6H,3-4H2,(H2,19,20,21). The van der Waals surface area contributed by atoms with Crippen LogP contribution in [0.25, 0.3) is 11.0 Å². The third kappa shape index (κ3) is 2.32. The van der Waals surface area contributed by atoms with Crippen LogP contribution in [0, 0.1) is 17.5 Å². The molecule has 0 unspecified atom stereocenters. The Morgan fingerprint density at radius 3 is 2.52 bits per heavy atom. The van der Waals surface area contributed by atoms with E-state index in [-0.39, 0.29) is 11.6 Å². The molecule has 0 aliphatic carbocycles. The van der Waals surface area contributed by atoms with Gasteiger partial charge >= 0.3 is 0 Å². The quantitative estimate of drug-likeness (QED) is 0.709. The van der Waals surface area contributed by atoms with Crippen molar-refractivity contribution in [3.63, 3.8) is 0 Å². The molecule has 2 heterocycles. The molecule has 0 amide bonds. The summed E-state index contributed by atoms with van der Waals surface area (Å²) >= 11 is 0. The van der Waals surface area contributed by atoms with Gasteiger partial charge in [0.25, 0.3) is 0 Å². The maximum Gasteiger partial charge on any atom is 0.205 e. The van der Waals surface area contributed by atoms with Crippen LogP contribution in [-0.2, 0) is 0 Å². The van der Waals surface area contributed by atoms with Crippen molar-refractivity contribution in [3.05, 3.63) is 41.7 Å². The van der Waals surface area contributed by atoms with E-state index in [9.17, 15) is 13.2 Å². The number of rotatable bonds is 2. The van der Waals surface area contributed by atoms with E-state index in [0.717, 1.165) is 12.1 Å². The summed E-state index contributed by atoms with van der Waals surface area (Å²) in [5.74, 6) is -2.76. The lowest BCUT2D eigenvalue weighted by Crippen LogP contribution is -2.15. The van der Waals surface area contributed by atoms with Gasteiger partial charge in [0, 0.05) is 12.1 Å². The first kappa shape index (κ1) is 13.7. The van der Waals surface area contributed by atoms with Crippen LogP contribution in [-0.4, -0.2) is 23.2 Å². The number of hydrogen-bond donors (Lipinski definition) is 2. The first-order valence-electron chi connectivity index (χ1n) is 6.82. The predicted molar refractivity (Wildman–Crippen MR) is 76.7 cm³/mol. The summed E-state index contributed by atoms with van der Waals surface area (Å²) in [7, 11) is 0. The minimum atomic E-state index is -1.54. The Morgan fingerprint density at radius 1 is 1.00 bits per heavy atom. The SMILES string of the molecule is Fc1ccc(Nc2nc3cc4c(cc3[nH]2)OCCO4)c(F)c1F. The molecule has 1 aliphatic rings. The molecule has 2 aromatic carbocycles. The van der Waals surface area contributed by atoms with Gasteiger partial charge in [-0.2, -0.15) is 0 Å². The molecule has 0 radical (unpaired) electrons. The number of fused-ring (bicyclic) bond motifs is 2. The van der Waals surface area contributed by atoms with Crippen molar-refractivity contribution in [2.45, 2.75) is 0 Å². The van der Waals surface area contributed by atoms with E-state index in [4.69, 9.17) is 9.47 Å². The van der Waals surface area contributed by atoms with Crippen molar-refractivity contribution in [3.8, 4) is 11.5 Å². The van der Waals surface area contributed by atoms with Crippen molar-refractivity contribution < 1.29 is 22.6 Å². The van der Waals surface area contributed by atoms with Gasteiger partial charge in [-0.3, -0.25) is 0 Å². The zero-order chi connectivity index (χ0) is 16.0. The Balaban J connectivity index is 1.71. The van der Waals surface area contributed by atoms with Crippen molar-refractivity contribution in [1.82, 2.24) is 9.97 Å². The van der Waals surface area contributed by atoms with Gasteiger partial charge in [0.1, 0.15) is 13.2 Å². The number of aromatic nitrogens is 2. The molecule has 4 rings (SSSR count). The van der Waals surface area contributed by atoms with Gasteiger partial charge in [-0.1, -0.05) is 0 Å². The van der Waals surface area contributed by atoms with Gasteiger partial charge in [-0.15, -0.1) is 0 Å². The molecular weight excluding hydrogens is 311 g/mol. The molecule has 0 saturated heterocycles. The van der Waals surface area contributed by atoms with Gasteiger partial charge < -0.3 is 19.8 Å². The van der Waals surface area contributed by atoms with E-state index in [1.54, 1.807) is 12.1 Å². The van der Waals surface area contributed by atoms with E-state index in [1.165, 1.54) is 0 Å². The van der Waals surface area contributed by atoms with Crippen molar-refractivity contribution in [1.29, 1.82) is 0 Å². The molecule has 1 aromatic heterocycles. The summed E-state index contributed by atoms with van der Waals surface area (Å²) in [5, 5.41) is 2.59. The maximum atomic E-state index is 13.7. The number of halogens is 3. The molecular formula is C15H10F3N3O2. The second kappa shape index (κ2) is 5.08. The zero-order valence-electron chi connectivity index (χ0n) is 11.6. The highest BCUT2D eigenvalue weighted by Gasteiger charge is 2.17. The number of hydrogen-bond acceptors (Lipinski definition) is 4. The van der Waals surface area contributed by atoms with Crippen LogP contribution >= 0.6 is 0 Å². The number of H-pyrrole nitrogens is 1. The zero-order valence-corrected chi connectivity index (χ0v) is 11.6. The third-order valence-electron chi connectivity index (χ3n) is 3.43. The van der Waals surface area contributed by atoms with Crippen molar-refractivity contribution in [2.24, 2.45) is 0 Å². The summed E-state index contributed by atoms with van der Waals surface area (Å²) in [6, 6.07) is 5.33. The summed E-state index contributed by atoms with van der Waals surface area (Å²) < 4.78 is 50.8. The minimum absolute atomic E-state index is 0.187. The lowest BCUT2D eigenvalue weighted by Gasteiger charge is -2.17. The Bertz CT molecular complexity index is 868. The predicted octanol–water partition coefficient (Wildman–Crippen LogP) is 3.50. The second-order valence-corrected chi connectivity index (χ2v) is 4.95. The highest BCUT2D eigenvalue weighted by molar-refractivity contribution is 5.82. The maximum absolute atomic E-state index is 13.7. The topological polar surface area (TPSA) is 59.2 Å². The first-order chi connectivity index (χ1) is 11.1. The molecule has 8 heteroatoms. The van der Waals surface area contributed by atoms with Gasteiger partial charge in [0.15, 0.2) is 29.0 Å². The number of benzene rings is 2. The van der Waals surface area contributed by atoms with E-state index < -0.39 is 17.5 Å². The Morgan fingerprint density at radius 2 is 1.74 bits per heavy atom. The molecule has 1 aliphatic heterocycles. The molecule has 0 spiro atoms. The normalized spacial score (nSPS) is 13.3. The van der Waals surface area contributed by atoms with E-state index >= 15 is 0 Å². The summed E-state index contributed by atoms with van der Waals surface area (Å²) in [6.07, 6.45) is 0. The first-order valence-corrected chi connectivity index (χ1v) is 6.82. The van der Waals surface area contributed by atoms with Gasteiger partial charge in [-0.25, -0.2) is 18.2 Å². The van der Waals surface area contributed by atoms with Crippen LogP contribution in [0.4, 0.5) is 24.8 Å². The molecule has 2 N–H and O–H groups in total. The molecule has 118 valence electrons. The van der Waals surface area contributed by atoms with E-state index in [1.807, 2.05) is 0 Å². The second-order valence-electron chi connectivity index (χ2n) is 4.95. The average Bonchev–Trinajstić information content (AvgIpc) is 2.94. The van der Waals surface area contributed by atoms with Gasteiger partial charge in [0.05, 0.1) is 16.7 Å². The average molecular weight is 321 g/mol. The lowest BCUT2D eigenvalue weighted by molar-refractivity contribution is 0.172.